The van der Waals surface area contributed by atoms with Gasteiger partial charge in [-0.1, -0.05) is 0 Å². The van der Waals surface area contributed by atoms with E-state index in [1.165, 1.54) is 0 Å². The molecule has 0 atom stereocenters. The first-order valence-electron chi connectivity index (χ1n) is 5.06. The summed E-state index contributed by atoms with van der Waals surface area (Å²) in [5.74, 6) is 0.477. The number of nitrogens with two attached hydrogens (primary N) is 1. The van der Waals surface area contributed by atoms with Crippen LogP contribution in [0.4, 0.5) is 5.82 Å². The van der Waals surface area contributed by atoms with E-state index in [9.17, 15) is 0 Å². The van der Waals surface area contributed by atoms with Crippen molar-refractivity contribution in [1.29, 1.82) is 0 Å². The number of pyridine rings is 1. The predicted octanol–water partition coefficient (Wildman–Crippen LogP) is 1.14. The molecule has 0 aliphatic heterocycles. The van der Waals surface area contributed by atoms with Crippen LogP contribution < -0.4 is 5.73 Å². The maximum atomic E-state index is 5.54. The van der Waals surface area contributed by atoms with E-state index in [-0.39, 0.29) is 0 Å². The van der Waals surface area contributed by atoms with E-state index >= 15 is 0 Å². The third kappa shape index (κ3) is 2.27. The molecule has 0 aliphatic rings. The van der Waals surface area contributed by atoms with E-state index in [0.29, 0.717) is 5.82 Å². The quantitative estimate of drug-likeness (QED) is 0.803. The lowest BCUT2D eigenvalue weighted by atomic mass is 10.3. The zero-order valence-electron chi connectivity index (χ0n) is 9.70. The van der Waals surface area contributed by atoms with Gasteiger partial charge in [-0.2, -0.15) is 0 Å². The fraction of sp³-hybridized carbons (Fsp3) is 0.273. The number of rotatable bonds is 4. The molecular formula is C11H14N4O2. The minimum absolute atomic E-state index is 0.463. The van der Waals surface area contributed by atoms with Crippen molar-refractivity contribution in [3.05, 3.63) is 36.5 Å². The second-order valence-electron chi connectivity index (χ2n) is 3.43. The highest BCUT2D eigenvalue weighted by molar-refractivity contribution is 5.38. The lowest BCUT2D eigenvalue weighted by molar-refractivity contribution is -0.109. The molecule has 0 saturated carbocycles. The van der Waals surface area contributed by atoms with E-state index < -0.39 is 6.29 Å². The van der Waals surface area contributed by atoms with Crippen LogP contribution in [-0.4, -0.2) is 28.8 Å². The molecule has 6 heteroatoms. The largest absolute Gasteiger partial charge is 0.384 e. The zero-order chi connectivity index (χ0) is 12.3. The second-order valence-corrected chi connectivity index (χ2v) is 3.43. The van der Waals surface area contributed by atoms with Gasteiger partial charge >= 0.3 is 0 Å². The van der Waals surface area contributed by atoms with Crippen molar-refractivity contribution in [1.82, 2.24) is 14.5 Å². The molecule has 2 rings (SSSR count). The van der Waals surface area contributed by atoms with Crippen molar-refractivity contribution in [2.24, 2.45) is 0 Å². The van der Waals surface area contributed by atoms with E-state index in [4.69, 9.17) is 15.2 Å². The Bertz CT molecular complexity index is 476. The molecule has 0 aliphatic carbocycles. The van der Waals surface area contributed by atoms with Gasteiger partial charge in [-0.25, -0.2) is 9.97 Å². The van der Waals surface area contributed by atoms with Crippen LogP contribution in [0.1, 0.15) is 12.0 Å². The van der Waals surface area contributed by atoms with Crippen LogP contribution in [0.15, 0.2) is 30.9 Å². The number of nitrogens with zero attached hydrogens (tertiary/aromatic N) is 3. The molecule has 2 N–H and O–H groups in total. The molecule has 0 aromatic carbocycles. The maximum absolute atomic E-state index is 5.54. The summed E-state index contributed by atoms with van der Waals surface area (Å²) in [6, 6.07) is 3.59. The molecule has 2 aromatic heterocycles. The maximum Gasteiger partial charge on any atom is 0.200 e. The average molecular weight is 234 g/mol. The lowest BCUT2D eigenvalue weighted by Gasteiger charge is -2.15. The summed E-state index contributed by atoms with van der Waals surface area (Å²) < 4.78 is 12.2. The van der Waals surface area contributed by atoms with Gasteiger partial charge in [0.15, 0.2) is 0 Å². The molecule has 0 spiro atoms. The first kappa shape index (κ1) is 11.6. The third-order valence-corrected chi connectivity index (χ3v) is 2.39. The van der Waals surface area contributed by atoms with E-state index in [0.717, 1.165) is 11.4 Å². The first-order chi connectivity index (χ1) is 8.26. The van der Waals surface area contributed by atoms with Crippen LogP contribution >= 0.6 is 0 Å². The Labute approximate surface area is 99.0 Å². The number of hydrogen-bond donors (Lipinski definition) is 1. The second kappa shape index (κ2) is 4.94. The van der Waals surface area contributed by atoms with E-state index in [1.807, 2.05) is 10.6 Å². The molecule has 2 aromatic rings. The van der Waals surface area contributed by atoms with Crippen molar-refractivity contribution >= 4 is 5.82 Å². The minimum Gasteiger partial charge on any atom is -0.384 e. The fourth-order valence-electron chi connectivity index (χ4n) is 1.57. The highest BCUT2D eigenvalue weighted by Crippen LogP contribution is 2.20. The molecular weight excluding hydrogens is 220 g/mol. The van der Waals surface area contributed by atoms with Gasteiger partial charge in [0, 0.05) is 14.2 Å². The number of ether oxygens (including phenoxy) is 2. The van der Waals surface area contributed by atoms with Gasteiger partial charge in [0.25, 0.3) is 0 Å². The summed E-state index contributed by atoms with van der Waals surface area (Å²) in [6.07, 6.45) is 4.57. The molecule has 90 valence electrons. The van der Waals surface area contributed by atoms with Crippen LogP contribution in [0, 0.1) is 0 Å². The van der Waals surface area contributed by atoms with Crippen LogP contribution in [0.2, 0.25) is 0 Å². The van der Waals surface area contributed by atoms with Crippen LogP contribution in [-0.2, 0) is 9.47 Å². The topological polar surface area (TPSA) is 75.2 Å². The molecule has 0 radical (unpaired) electrons. The molecule has 0 bridgehead atoms. The zero-order valence-corrected chi connectivity index (χ0v) is 9.70. The van der Waals surface area contributed by atoms with Crippen molar-refractivity contribution in [2.75, 3.05) is 20.0 Å². The summed E-state index contributed by atoms with van der Waals surface area (Å²) in [4.78, 5) is 8.12. The van der Waals surface area contributed by atoms with Crippen molar-refractivity contribution in [3.8, 4) is 5.69 Å². The van der Waals surface area contributed by atoms with Crippen molar-refractivity contribution in [3.63, 3.8) is 0 Å². The van der Waals surface area contributed by atoms with Gasteiger partial charge in [0.2, 0.25) is 6.29 Å². The summed E-state index contributed by atoms with van der Waals surface area (Å²) in [7, 11) is 3.15. The lowest BCUT2D eigenvalue weighted by Crippen LogP contribution is -2.09. The van der Waals surface area contributed by atoms with Gasteiger partial charge in [0.1, 0.15) is 5.82 Å². The van der Waals surface area contributed by atoms with Gasteiger partial charge < -0.3 is 15.2 Å². The normalized spacial score (nSPS) is 11.0. The predicted molar refractivity (Wildman–Crippen MR) is 62.5 cm³/mol. The molecule has 0 saturated heterocycles. The van der Waals surface area contributed by atoms with Gasteiger partial charge in [-0.05, 0) is 12.1 Å². The highest BCUT2D eigenvalue weighted by atomic mass is 16.7. The highest BCUT2D eigenvalue weighted by Gasteiger charge is 2.15. The Balaban J connectivity index is 2.39. The van der Waals surface area contributed by atoms with Crippen LogP contribution in [0.5, 0.6) is 0 Å². The Kier molecular flexibility index (Phi) is 3.36. The SMILES string of the molecule is COC(OC)c1cncn1-c1ccc(N)nc1. The number of aromatic nitrogens is 3. The molecule has 0 fully saturated rings. The number of nitrogen functional groups attached to an aromatic ring is 1. The van der Waals surface area contributed by atoms with Gasteiger partial charge in [0.05, 0.1) is 30.1 Å². The van der Waals surface area contributed by atoms with Gasteiger partial charge in [-0.15, -0.1) is 0 Å². The number of methoxy groups -OCH3 is 2. The molecule has 2 heterocycles. The molecule has 17 heavy (non-hydrogen) atoms. The monoisotopic (exact) mass is 234 g/mol. The average Bonchev–Trinajstić information content (AvgIpc) is 2.81. The molecule has 6 nitrogen and oxygen atoms in total. The van der Waals surface area contributed by atoms with Crippen molar-refractivity contribution in [2.45, 2.75) is 6.29 Å². The van der Waals surface area contributed by atoms with E-state index in [1.54, 1.807) is 39.0 Å². The summed E-state index contributed by atoms with van der Waals surface area (Å²) >= 11 is 0. The van der Waals surface area contributed by atoms with E-state index in [2.05, 4.69) is 9.97 Å². The third-order valence-electron chi connectivity index (χ3n) is 2.39. The van der Waals surface area contributed by atoms with Crippen molar-refractivity contribution < 1.29 is 9.47 Å². The standard InChI is InChI=1S/C11H14N4O2/c1-16-11(17-2)9-6-13-7-15(9)8-3-4-10(12)14-5-8/h3-7,11H,1-2H3,(H2,12,14). The van der Waals surface area contributed by atoms with Gasteiger partial charge in [-0.3, -0.25) is 4.57 Å². The summed E-state index contributed by atoms with van der Waals surface area (Å²) in [5, 5.41) is 0. The summed E-state index contributed by atoms with van der Waals surface area (Å²) in [6.45, 7) is 0. The smallest absolute Gasteiger partial charge is 0.200 e. The fourth-order valence-corrected chi connectivity index (χ4v) is 1.57. The Morgan fingerprint density at radius 2 is 2.00 bits per heavy atom. The summed E-state index contributed by atoms with van der Waals surface area (Å²) in [5.41, 5.74) is 7.19. The number of anilines is 1. The molecule has 0 unspecified atom stereocenters. The Morgan fingerprint density at radius 3 is 2.59 bits per heavy atom. The van der Waals surface area contributed by atoms with Crippen LogP contribution in [0.25, 0.3) is 5.69 Å². The number of imidazole rings is 1. The first-order valence-corrected chi connectivity index (χ1v) is 5.06. The van der Waals surface area contributed by atoms with Crippen LogP contribution in [0.3, 0.4) is 0 Å². The number of hydrogen-bond acceptors (Lipinski definition) is 5. The minimum atomic E-state index is -0.463. The Hall–Kier alpha value is -1.92. The Morgan fingerprint density at radius 1 is 1.24 bits per heavy atom. The molecule has 0 amide bonds.